The van der Waals surface area contributed by atoms with Gasteiger partial charge in [0.05, 0.1) is 0 Å². The predicted molar refractivity (Wildman–Crippen MR) is 64.2 cm³/mol. The molecule has 2 N–H and O–H groups in total. The summed E-state index contributed by atoms with van der Waals surface area (Å²) in [5.41, 5.74) is 8.08. The molecule has 1 aromatic carbocycles. The van der Waals surface area contributed by atoms with E-state index in [1.165, 1.54) is 0 Å². The van der Waals surface area contributed by atoms with Crippen LogP contribution in [-0.2, 0) is 4.74 Å². The molecule has 1 unspecified atom stereocenters. The van der Waals surface area contributed by atoms with Gasteiger partial charge in [-0.1, -0.05) is 29.8 Å². The summed E-state index contributed by atoms with van der Waals surface area (Å²) in [6, 6.07) is 7.66. The minimum Gasteiger partial charge on any atom is -0.372 e. The zero-order chi connectivity index (χ0) is 13.6. The van der Waals surface area contributed by atoms with E-state index in [0.717, 1.165) is 11.1 Å². The molecule has 2 nitrogen and oxygen atoms in total. The van der Waals surface area contributed by atoms with Gasteiger partial charge < -0.3 is 10.5 Å². The molecule has 0 amide bonds. The summed E-state index contributed by atoms with van der Waals surface area (Å²) in [4.78, 5) is 0. The Morgan fingerprint density at radius 2 is 2.06 bits per heavy atom. The molecule has 0 aliphatic heterocycles. The van der Waals surface area contributed by atoms with Crippen molar-refractivity contribution in [1.82, 2.24) is 0 Å². The standard InChI is InChI=1S/C13H18F3NO/c1-10-4-2-5-11(8-10)12(17)6-3-7-18-9-13(14,15)16/h2,4-5,8,12H,3,6-7,9,17H2,1H3. The Morgan fingerprint density at radius 3 is 2.67 bits per heavy atom. The van der Waals surface area contributed by atoms with Gasteiger partial charge in [-0.05, 0) is 25.3 Å². The number of hydrogen-bond donors (Lipinski definition) is 1. The van der Waals surface area contributed by atoms with Gasteiger partial charge in [-0.15, -0.1) is 0 Å². The van der Waals surface area contributed by atoms with Crippen LogP contribution in [0.15, 0.2) is 24.3 Å². The smallest absolute Gasteiger partial charge is 0.372 e. The van der Waals surface area contributed by atoms with E-state index in [1.54, 1.807) is 0 Å². The lowest BCUT2D eigenvalue weighted by molar-refractivity contribution is -0.174. The van der Waals surface area contributed by atoms with Gasteiger partial charge in [-0.2, -0.15) is 13.2 Å². The zero-order valence-corrected chi connectivity index (χ0v) is 10.3. The molecule has 0 radical (unpaired) electrons. The molecular formula is C13H18F3NO. The van der Waals surface area contributed by atoms with Crippen LogP contribution in [0.5, 0.6) is 0 Å². The Kier molecular flexibility index (Phi) is 5.62. The number of nitrogens with two attached hydrogens (primary N) is 1. The van der Waals surface area contributed by atoms with Crippen LogP contribution in [0.3, 0.4) is 0 Å². The maximum atomic E-state index is 11.8. The van der Waals surface area contributed by atoms with Crippen molar-refractivity contribution in [2.45, 2.75) is 32.0 Å². The normalized spacial score (nSPS) is 13.6. The van der Waals surface area contributed by atoms with Crippen molar-refractivity contribution in [2.75, 3.05) is 13.2 Å². The van der Waals surface area contributed by atoms with Crippen molar-refractivity contribution in [3.8, 4) is 0 Å². The molecule has 0 fully saturated rings. The number of hydrogen-bond acceptors (Lipinski definition) is 2. The number of alkyl halides is 3. The molecular weight excluding hydrogens is 243 g/mol. The van der Waals surface area contributed by atoms with Crippen LogP contribution in [0.1, 0.15) is 30.0 Å². The fourth-order valence-corrected chi connectivity index (χ4v) is 1.66. The second kappa shape index (κ2) is 6.75. The molecule has 0 saturated carbocycles. The van der Waals surface area contributed by atoms with Gasteiger partial charge in [0, 0.05) is 12.6 Å². The second-order valence-corrected chi connectivity index (χ2v) is 4.33. The molecule has 1 aromatic rings. The Morgan fingerprint density at radius 1 is 1.33 bits per heavy atom. The summed E-state index contributed by atoms with van der Waals surface area (Å²) in [5, 5.41) is 0. The van der Waals surface area contributed by atoms with Crippen LogP contribution < -0.4 is 5.73 Å². The maximum absolute atomic E-state index is 11.8. The monoisotopic (exact) mass is 261 g/mol. The predicted octanol–water partition coefficient (Wildman–Crippen LogP) is 3.35. The SMILES string of the molecule is Cc1cccc(C(N)CCCOCC(F)(F)F)c1. The third-order valence-corrected chi connectivity index (χ3v) is 2.54. The number of benzene rings is 1. The zero-order valence-electron chi connectivity index (χ0n) is 10.3. The lowest BCUT2D eigenvalue weighted by Gasteiger charge is -2.13. The minimum atomic E-state index is -4.25. The van der Waals surface area contributed by atoms with Crippen molar-refractivity contribution in [3.05, 3.63) is 35.4 Å². The maximum Gasteiger partial charge on any atom is 0.411 e. The second-order valence-electron chi connectivity index (χ2n) is 4.33. The number of ether oxygens (including phenoxy) is 1. The van der Waals surface area contributed by atoms with Crippen molar-refractivity contribution in [3.63, 3.8) is 0 Å². The molecule has 0 bridgehead atoms. The quantitative estimate of drug-likeness (QED) is 0.797. The van der Waals surface area contributed by atoms with Gasteiger partial charge >= 0.3 is 6.18 Å². The van der Waals surface area contributed by atoms with Crippen LogP contribution in [0.25, 0.3) is 0 Å². The molecule has 0 saturated heterocycles. The first-order valence-electron chi connectivity index (χ1n) is 5.85. The molecule has 1 atom stereocenters. The fourth-order valence-electron chi connectivity index (χ4n) is 1.66. The number of halogens is 3. The van der Waals surface area contributed by atoms with Gasteiger partial charge in [0.1, 0.15) is 6.61 Å². The fraction of sp³-hybridized carbons (Fsp3) is 0.538. The van der Waals surface area contributed by atoms with Crippen molar-refractivity contribution < 1.29 is 17.9 Å². The molecule has 102 valence electrons. The average Bonchev–Trinajstić information content (AvgIpc) is 2.26. The minimum absolute atomic E-state index is 0.0824. The molecule has 0 heterocycles. The van der Waals surface area contributed by atoms with Crippen molar-refractivity contribution >= 4 is 0 Å². The van der Waals surface area contributed by atoms with E-state index in [1.807, 2.05) is 31.2 Å². The van der Waals surface area contributed by atoms with E-state index >= 15 is 0 Å². The van der Waals surface area contributed by atoms with Crippen LogP contribution >= 0.6 is 0 Å². The van der Waals surface area contributed by atoms with Crippen LogP contribution in [-0.4, -0.2) is 19.4 Å². The topological polar surface area (TPSA) is 35.2 Å². The van der Waals surface area contributed by atoms with Gasteiger partial charge in [-0.25, -0.2) is 0 Å². The van der Waals surface area contributed by atoms with E-state index < -0.39 is 12.8 Å². The summed E-state index contributed by atoms with van der Waals surface area (Å²) >= 11 is 0. The highest BCUT2D eigenvalue weighted by atomic mass is 19.4. The van der Waals surface area contributed by atoms with Crippen molar-refractivity contribution in [2.24, 2.45) is 5.73 Å². The van der Waals surface area contributed by atoms with Gasteiger partial charge in [0.15, 0.2) is 0 Å². The summed E-state index contributed by atoms with van der Waals surface area (Å²) in [7, 11) is 0. The lowest BCUT2D eigenvalue weighted by atomic mass is 10.0. The molecule has 5 heteroatoms. The van der Waals surface area contributed by atoms with Crippen LogP contribution in [0.2, 0.25) is 0 Å². The summed E-state index contributed by atoms with van der Waals surface area (Å²) in [6.45, 7) is 0.869. The molecule has 0 aliphatic carbocycles. The molecule has 1 rings (SSSR count). The third kappa shape index (κ3) is 6.02. The van der Waals surface area contributed by atoms with Crippen LogP contribution in [0.4, 0.5) is 13.2 Å². The largest absolute Gasteiger partial charge is 0.411 e. The highest BCUT2D eigenvalue weighted by Gasteiger charge is 2.27. The molecule has 0 spiro atoms. The van der Waals surface area contributed by atoms with Gasteiger partial charge in [0.25, 0.3) is 0 Å². The highest BCUT2D eigenvalue weighted by molar-refractivity contribution is 5.24. The van der Waals surface area contributed by atoms with E-state index in [-0.39, 0.29) is 12.6 Å². The van der Waals surface area contributed by atoms with E-state index in [9.17, 15) is 13.2 Å². The Labute approximate surface area is 105 Å². The Balaban J connectivity index is 2.23. The van der Waals surface area contributed by atoms with Gasteiger partial charge in [-0.3, -0.25) is 0 Å². The summed E-state index contributed by atoms with van der Waals surface area (Å²) in [5.74, 6) is 0. The van der Waals surface area contributed by atoms with Crippen molar-refractivity contribution in [1.29, 1.82) is 0 Å². The van der Waals surface area contributed by atoms with Crippen LogP contribution in [0, 0.1) is 6.92 Å². The average molecular weight is 261 g/mol. The Bertz CT molecular complexity index is 365. The Hall–Kier alpha value is -1.07. The first kappa shape index (κ1) is 15.0. The van der Waals surface area contributed by atoms with E-state index in [2.05, 4.69) is 4.74 Å². The number of aryl methyl sites for hydroxylation is 1. The highest BCUT2D eigenvalue weighted by Crippen LogP contribution is 2.18. The van der Waals surface area contributed by atoms with E-state index in [0.29, 0.717) is 12.8 Å². The third-order valence-electron chi connectivity index (χ3n) is 2.54. The number of rotatable bonds is 6. The first-order valence-corrected chi connectivity index (χ1v) is 5.85. The summed E-state index contributed by atoms with van der Waals surface area (Å²) < 4.78 is 39.9. The molecule has 18 heavy (non-hydrogen) atoms. The molecule has 0 aromatic heterocycles. The summed E-state index contributed by atoms with van der Waals surface area (Å²) in [6.07, 6.45) is -3.12. The lowest BCUT2D eigenvalue weighted by Crippen LogP contribution is -2.18. The molecule has 0 aliphatic rings. The van der Waals surface area contributed by atoms with Gasteiger partial charge in [0.2, 0.25) is 0 Å². The van der Waals surface area contributed by atoms with E-state index in [4.69, 9.17) is 5.73 Å². The first-order chi connectivity index (χ1) is 8.38.